The molecule has 6 nitrogen and oxygen atoms in total. The first-order chi connectivity index (χ1) is 10.4. The second kappa shape index (κ2) is 6.73. The molecule has 0 aliphatic carbocycles. The molecule has 128 valence electrons. The molecule has 0 aromatic carbocycles. The molecule has 3 aliphatic heterocycles. The lowest BCUT2D eigenvalue weighted by Gasteiger charge is -2.38. The van der Waals surface area contributed by atoms with Crippen molar-refractivity contribution in [1.82, 2.24) is 14.1 Å². The lowest BCUT2D eigenvalue weighted by Crippen LogP contribution is -2.52. The van der Waals surface area contributed by atoms with Gasteiger partial charge in [-0.25, -0.2) is 8.42 Å². The molecule has 22 heavy (non-hydrogen) atoms. The second-order valence-electron chi connectivity index (χ2n) is 7.13. The third kappa shape index (κ3) is 3.82. The highest BCUT2D eigenvalue weighted by Gasteiger charge is 2.37. The Labute approximate surface area is 134 Å². The van der Waals surface area contributed by atoms with Crippen molar-refractivity contribution in [3.8, 4) is 0 Å². The molecule has 3 fully saturated rings. The number of hydrogen-bond donors (Lipinski definition) is 1. The quantitative estimate of drug-likeness (QED) is 0.765. The molecule has 3 aliphatic rings. The van der Waals surface area contributed by atoms with Gasteiger partial charge in [0.25, 0.3) is 0 Å². The van der Waals surface area contributed by atoms with Gasteiger partial charge in [0, 0.05) is 51.4 Å². The van der Waals surface area contributed by atoms with Crippen LogP contribution in [0.25, 0.3) is 0 Å². The molecule has 0 amide bonds. The summed E-state index contributed by atoms with van der Waals surface area (Å²) in [5.74, 6) is 0. The van der Waals surface area contributed by atoms with Crippen LogP contribution >= 0.6 is 0 Å². The summed E-state index contributed by atoms with van der Waals surface area (Å²) in [6, 6.07) is 1.38. The minimum absolute atomic E-state index is 0.328. The first kappa shape index (κ1) is 16.6. The van der Waals surface area contributed by atoms with Gasteiger partial charge in [-0.05, 0) is 25.7 Å². The highest BCUT2D eigenvalue weighted by atomic mass is 32.2. The molecule has 0 radical (unpaired) electrons. The third-order valence-electron chi connectivity index (χ3n) is 5.54. The number of piperidine rings is 1. The van der Waals surface area contributed by atoms with Gasteiger partial charge < -0.3 is 5.11 Å². The Kier molecular flexibility index (Phi) is 5.09. The zero-order chi connectivity index (χ0) is 15.7. The SMILES string of the molecule is CS(=O)(=O)N1CCN(C[C@H](O)CN2[C@@H]3CCC[C@H]2CC3)CC1. The highest BCUT2D eigenvalue weighted by Crippen LogP contribution is 2.35. The van der Waals surface area contributed by atoms with Gasteiger partial charge in [-0.2, -0.15) is 4.31 Å². The van der Waals surface area contributed by atoms with E-state index in [1.165, 1.54) is 42.7 Å². The smallest absolute Gasteiger partial charge is 0.211 e. The molecule has 3 atom stereocenters. The lowest BCUT2D eigenvalue weighted by molar-refractivity contribution is 0.0339. The predicted molar refractivity (Wildman–Crippen MR) is 86.2 cm³/mol. The summed E-state index contributed by atoms with van der Waals surface area (Å²) in [6.07, 6.45) is 7.45. The van der Waals surface area contributed by atoms with Gasteiger partial charge in [-0.15, -0.1) is 0 Å². The third-order valence-corrected chi connectivity index (χ3v) is 6.84. The Morgan fingerprint density at radius 3 is 2.14 bits per heavy atom. The largest absolute Gasteiger partial charge is 0.390 e. The molecular weight excluding hydrogens is 302 g/mol. The summed E-state index contributed by atoms with van der Waals surface area (Å²) >= 11 is 0. The average Bonchev–Trinajstić information content (AvgIpc) is 2.69. The Morgan fingerprint density at radius 1 is 1.00 bits per heavy atom. The van der Waals surface area contributed by atoms with E-state index in [-0.39, 0.29) is 6.10 Å². The summed E-state index contributed by atoms with van der Waals surface area (Å²) in [5.41, 5.74) is 0. The van der Waals surface area contributed by atoms with E-state index in [1.807, 2.05) is 0 Å². The van der Waals surface area contributed by atoms with Crippen molar-refractivity contribution in [2.45, 2.75) is 50.3 Å². The average molecular weight is 331 g/mol. The van der Waals surface area contributed by atoms with E-state index in [2.05, 4.69) is 9.80 Å². The van der Waals surface area contributed by atoms with Crippen LogP contribution in [0.15, 0.2) is 0 Å². The van der Waals surface area contributed by atoms with E-state index >= 15 is 0 Å². The number of nitrogens with zero attached hydrogens (tertiary/aromatic N) is 3. The number of aliphatic hydroxyl groups excluding tert-OH is 1. The van der Waals surface area contributed by atoms with Crippen molar-refractivity contribution >= 4 is 10.0 Å². The fourth-order valence-electron chi connectivity index (χ4n) is 4.36. The van der Waals surface area contributed by atoms with Crippen molar-refractivity contribution in [1.29, 1.82) is 0 Å². The fourth-order valence-corrected chi connectivity index (χ4v) is 5.19. The number of fused-ring (bicyclic) bond motifs is 2. The summed E-state index contributed by atoms with van der Waals surface area (Å²) in [6.45, 7) is 3.96. The molecule has 3 saturated heterocycles. The Hall–Kier alpha value is -0.210. The summed E-state index contributed by atoms with van der Waals surface area (Å²) in [7, 11) is -3.07. The molecule has 3 rings (SSSR count). The maximum atomic E-state index is 11.5. The van der Waals surface area contributed by atoms with Gasteiger partial charge in [0.15, 0.2) is 0 Å². The zero-order valence-corrected chi connectivity index (χ0v) is 14.3. The van der Waals surface area contributed by atoms with E-state index in [0.29, 0.717) is 31.7 Å². The second-order valence-corrected chi connectivity index (χ2v) is 9.11. The molecule has 0 spiro atoms. The molecule has 0 aromatic rings. The minimum atomic E-state index is -3.07. The van der Waals surface area contributed by atoms with Crippen LogP contribution in [0.4, 0.5) is 0 Å². The molecule has 0 aromatic heterocycles. The maximum Gasteiger partial charge on any atom is 0.211 e. The first-order valence-electron chi connectivity index (χ1n) is 8.55. The number of hydrogen-bond acceptors (Lipinski definition) is 5. The van der Waals surface area contributed by atoms with Gasteiger partial charge >= 0.3 is 0 Å². The Morgan fingerprint density at radius 2 is 1.59 bits per heavy atom. The molecule has 2 bridgehead atoms. The monoisotopic (exact) mass is 331 g/mol. The number of rotatable bonds is 5. The topological polar surface area (TPSA) is 64.1 Å². The van der Waals surface area contributed by atoms with Gasteiger partial charge in [0.2, 0.25) is 10.0 Å². The van der Waals surface area contributed by atoms with Crippen LogP contribution in [0.2, 0.25) is 0 Å². The number of piperazine rings is 1. The molecular formula is C15H29N3O3S. The number of sulfonamides is 1. The van der Waals surface area contributed by atoms with E-state index in [4.69, 9.17) is 0 Å². The zero-order valence-electron chi connectivity index (χ0n) is 13.5. The van der Waals surface area contributed by atoms with Crippen molar-refractivity contribution in [2.24, 2.45) is 0 Å². The Balaban J connectivity index is 1.44. The van der Waals surface area contributed by atoms with E-state index in [0.717, 1.165) is 19.6 Å². The van der Waals surface area contributed by atoms with Gasteiger partial charge in [-0.3, -0.25) is 9.80 Å². The van der Waals surface area contributed by atoms with E-state index < -0.39 is 10.0 Å². The van der Waals surface area contributed by atoms with Crippen LogP contribution in [0, 0.1) is 0 Å². The molecule has 7 heteroatoms. The van der Waals surface area contributed by atoms with E-state index in [9.17, 15) is 13.5 Å². The normalized spacial score (nSPS) is 33.2. The van der Waals surface area contributed by atoms with Crippen molar-refractivity contribution in [3.63, 3.8) is 0 Å². The van der Waals surface area contributed by atoms with Gasteiger partial charge in [-0.1, -0.05) is 6.42 Å². The standard InChI is InChI=1S/C15H29N3O3S/c1-22(20,21)17-9-7-16(8-10-17)11-15(19)12-18-13-3-2-4-14(18)6-5-13/h13-15,19H,2-12H2,1H3/t13-,14+,15-/m0/s1. The van der Waals surface area contributed by atoms with Crippen LogP contribution in [0.1, 0.15) is 32.1 Å². The number of β-amino-alcohol motifs (C(OH)–C–C–N with tert-alkyl or cyclic N) is 1. The van der Waals surface area contributed by atoms with Crippen molar-refractivity contribution in [2.75, 3.05) is 45.5 Å². The van der Waals surface area contributed by atoms with Gasteiger partial charge in [0.05, 0.1) is 12.4 Å². The molecule has 1 N–H and O–H groups in total. The van der Waals surface area contributed by atoms with Crippen LogP contribution < -0.4 is 0 Å². The number of aliphatic hydroxyl groups is 1. The van der Waals surface area contributed by atoms with Crippen LogP contribution in [-0.4, -0.2) is 91.3 Å². The molecule has 0 unspecified atom stereocenters. The lowest BCUT2D eigenvalue weighted by atomic mass is 10.0. The van der Waals surface area contributed by atoms with Crippen LogP contribution in [-0.2, 0) is 10.0 Å². The summed E-state index contributed by atoms with van der Waals surface area (Å²) in [5, 5.41) is 10.4. The molecule has 0 saturated carbocycles. The molecule has 3 heterocycles. The van der Waals surface area contributed by atoms with Gasteiger partial charge in [0.1, 0.15) is 0 Å². The predicted octanol–water partition coefficient (Wildman–Crippen LogP) is -0.0586. The van der Waals surface area contributed by atoms with Crippen LogP contribution in [0.3, 0.4) is 0 Å². The fraction of sp³-hybridized carbons (Fsp3) is 1.00. The van der Waals surface area contributed by atoms with E-state index in [1.54, 1.807) is 0 Å². The maximum absolute atomic E-state index is 11.5. The summed E-state index contributed by atoms with van der Waals surface area (Å²) in [4.78, 5) is 4.72. The highest BCUT2D eigenvalue weighted by molar-refractivity contribution is 7.88. The van der Waals surface area contributed by atoms with Crippen molar-refractivity contribution in [3.05, 3.63) is 0 Å². The van der Waals surface area contributed by atoms with Crippen LogP contribution in [0.5, 0.6) is 0 Å². The first-order valence-corrected chi connectivity index (χ1v) is 10.4. The minimum Gasteiger partial charge on any atom is -0.390 e. The summed E-state index contributed by atoms with van der Waals surface area (Å²) < 4.78 is 24.5. The Bertz CT molecular complexity index is 460. The van der Waals surface area contributed by atoms with Crippen molar-refractivity contribution < 1.29 is 13.5 Å².